The summed E-state index contributed by atoms with van der Waals surface area (Å²) in [6.07, 6.45) is 0.700. The molecule has 0 radical (unpaired) electrons. The van der Waals surface area contributed by atoms with Gasteiger partial charge < -0.3 is 19.3 Å². The largest absolute Gasteiger partial charge is 0.461 e. The molecule has 0 saturated heterocycles. The molecule has 28 heavy (non-hydrogen) atoms. The molecule has 2 rings (SSSR count). The van der Waals surface area contributed by atoms with Gasteiger partial charge in [0, 0.05) is 26.7 Å². The van der Waals surface area contributed by atoms with Gasteiger partial charge in [-0.25, -0.2) is 0 Å². The first-order valence-corrected chi connectivity index (χ1v) is 9.64. The zero-order valence-corrected chi connectivity index (χ0v) is 17.0. The monoisotopic (exact) mass is 394 g/mol. The van der Waals surface area contributed by atoms with Gasteiger partial charge in [0.25, 0.3) is 0 Å². The second kappa shape index (κ2) is 9.37. The smallest absolute Gasteiger partial charge is 0.303 e. The number of hydrogen-bond acceptors (Lipinski definition) is 7. The SMILES string of the molecule is C=C(COC(C)=O)[C@@H]1CC[C@@H](C)[C@H]2C[C@H](O)C(COC(C)=O)=C2[C@@H]1OC(C)=O. The minimum atomic E-state index is -0.750. The van der Waals surface area contributed by atoms with Crippen molar-refractivity contribution in [2.24, 2.45) is 17.8 Å². The molecule has 0 aliphatic heterocycles. The summed E-state index contributed by atoms with van der Waals surface area (Å²) in [7, 11) is 0. The Morgan fingerprint density at radius 3 is 2.29 bits per heavy atom. The normalized spacial score (nSPS) is 29.5. The summed E-state index contributed by atoms with van der Waals surface area (Å²) < 4.78 is 16.0. The van der Waals surface area contributed by atoms with Crippen LogP contribution >= 0.6 is 0 Å². The van der Waals surface area contributed by atoms with Crippen LogP contribution in [0.4, 0.5) is 0 Å². The van der Waals surface area contributed by atoms with Crippen molar-refractivity contribution < 1.29 is 33.7 Å². The predicted octanol–water partition coefficient (Wildman–Crippen LogP) is 2.32. The molecular weight excluding hydrogens is 364 g/mol. The zero-order valence-electron chi connectivity index (χ0n) is 17.0. The van der Waals surface area contributed by atoms with Gasteiger partial charge in [0.1, 0.15) is 19.3 Å². The van der Waals surface area contributed by atoms with E-state index in [9.17, 15) is 19.5 Å². The molecule has 0 aromatic heterocycles. The second-order valence-corrected chi connectivity index (χ2v) is 7.75. The summed E-state index contributed by atoms with van der Waals surface area (Å²) in [5.41, 5.74) is 2.09. The first-order valence-electron chi connectivity index (χ1n) is 9.64. The number of hydrogen-bond donors (Lipinski definition) is 1. The van der Waals surface area contributed by atoms with Crippen molar-refractivity contribution in [2.45, 2.75) is 59.2 Å². The molecule has 156 valence electrons. The molecule has 2 aliphatic rings. The molecule has 0 aromatic carbocycles. The lowest BCUT2D eigenvalue weighted by Crippen LogP contribution is -2.32. The maximum Gasteiger partial charge on any atom is 0.303 e. The lowest BCUT2D eigenvalue weighted by atomic mass is 9.84. The Hall–Kier alpha value is -2.15. The van der Waals surface area contributed by atoms with Gasteiger partial charge in [-0.1, -0.05) is 13.5 Å². The van der Waals surface area contributed by atoms with Crippen LogP contribution in [0.2, 0.25) is 0 Å². The fourth-order valence-corrected chi connectivity index (χ4v) is 4.29. The average molecular weight is 394 g/mol. The maximum absolute atomic E-state index is 11.9. The minimum absolute atomic E-state index is 0.0245. The molecule has 1 N–H and O–H groups in total. The highest BCUT2D eigenvalue weighted by atomic mass is 16.5. The number of carbonyl (C=O) groups excluding carboxylic acids is 3. The van der Waals surface area contributed by atoms with Gasteiger partial charge in [-0.2, -0.15) is 0 Å². The highest BCUT2D eigenvalue weighted by Crippen LogP contribution is 2.48. The predicted molar refractivity (Wildman–Crippen MR) is 101 cm³/mol. The van der Waals surface area contributed by atoms with Crippen molar-refractivity contribution in [3.05, 3.63) is 23.3 Å². The molecule has 0 bridgehead atoms. The quantitative estimate of drug-likeness (QED) is 0.419. The third kappa shape index (κ3) is 5.22. The maximum atomic E-state index is 11.9. The van der Waals surface area contributed by atoms with E-state index in [1.54, 1.807) is 0 Å². The topological polar surface area (TPSA) is 99.1 Å². The minimum Gasteiger partial charge on any atom is -0.461 e. The molecular formula is C21H30O7. The fraction of sp³-hybridized carbons (Fsp3) is 0.667. The van der Waals surface area contributed by atoms with E-state index in [0.29, 0.717) is 17.6 Å². The highest BCUT2D eigenvalue weighted by Gasteiger charge is 2.46. The highest BCUT2D eigenvalue weighted by molar-refractivity contribution is 5.67. The number of aliphatic hydroxyl groups excluding tert-OH is 1. The number of esters is 3. The van der Waals surface area contributed by atoms with E-state index in [4.69, 9.17) is 14.2 Å². The summed E-state index contributed by atoms with van der Waals surface area (Å²) in [5.74, 6) is -1.26. The van der Waals surface area contributed by atoms with E-state index in [1.165, 1.54) is 20.8 Å². The Balaban J connectivity index is 2.45. The molecule has 0 aromatic rings. The summed E-state index contributed by atoms with van der Waals surface area (Å²) in [4.78, 5) is 34.4. The van der Waals surface area contributed by atoms with Crippen molar-refractivity contribution in [2.75, 3.05) is 13.2 Å². The van der Waals surface area contributed by atoms with Crippen LogP contribution in [-0.4, -0.2) is 48.4 Å². The third-order valence-electron chi connectivity index (χ3n) is 5.65. The number of rotatable bonds is 6. The molecule has 5 atom stereocenters. The van der Waals surface area contributed by atoms with Gasteiger partial charge >= 0.3 is 17.9 Å². The number of ether oxygens (including phenoxy) is 3. The van der Waals surface area contributed by atoms with Crippen molar-refractivity contribution in [1.82, 2.24) is 0 Å². The van der Waals surface area contributed by atoms with E-state index in [2.05, 4.69) is 13.5 Å². The Labute approximate surface area is 165 Å². The van der Waals surface area contributed by atoms with Gasteiger partial charge in [0.15, 0.2) is 0 Å². The molecule has 1 saturated carbocycles. The van der Waals surface area contributed by atoms with Crippen LogP contribution in [0.5, 0.6) is 0 Å². The lowest BCUT2D eigenvalue weighted by molar-refractivity contribution is -0.147. The molecule has 2 aliphatic carbocycles. The van der Waals surface area contributed by atoms with Gasteiger partial charge in [0.05, 0.1) is 6.10 Å². The molecule has 0 spiro atoms. The van der Waals surface area contributed by atoms with Crippen molar-refractivity contribution in [1.29, 1.82) is 0 Å². The summed E-state index contributed by atoms with van der Waals surface area (Å²) in [6, 6.07) is 0. The average Bonchev–Trinajstić information content (AvgIpc) is 2.86. The summed E-state index contributed by atoms with van der Waals surface area (Å²) >= 11 is 0. The van der Waals surface area contributed by atoms with Gasteiger partial charge in [-0.05, 0) is 47.8 Å². The Morgan fingerprint density at radius 2 is 1.71 bits per heavy atom. The zero-order chi connectivity index (χ0) is 21.0. The van der Waals surface area contributed by atoms with Crippen LogP contribution in [0.15, 0.2) is 23.3 Å². The van der Waals surface area contributed by atoms with Gasteiger partial charge in [-0.15, -0.1) is 0 Å². The van der Waals surface area contributed by atoms with Crippen LogP contribution in [0.3, 0.4) is 0 Å². The van der Waals surface area contributed by atoms with E-state index in [-0.39, 0.29) is 31.0 Å². The molecule has 0 heterocycles. The Bertz CT molecular complexity index is 678. The van der Waals surface area contributed by atoms with Crippen LogP contribution in [0.25, 0.3) is 0 Å². The fourth-order valence-electron chi connectivity index (χ4n) is 4.29. The first kappa shape index (κ1) is 22.1. The number of aliphatic hydroxyl groups is 1. The Kier molecular flexibility index (Phi) is 7.41. The van der Waals surface area contributed by atoms with E-state index in [0.717, 1.165) is 18.4 Å². The van der Waals surface area contributed by atoms with Gasteiger partial charge in [-0.3, -0.25) is 14.4 Å². The summed E-state index contributed by atoms with van der Waals surface area (Å²) in [6.45, 7) is 10.2. The molecule has 0 unspecified atom stereocenters. The van der Waals surface area contributed by atoms with E-state index < -0.39 is 30.1 Å². The number of fused-ring (bicyclic) bond motifs is 1. The molecule has 1 fully saturated rings. The molecule has 7 heteroatoms. The molecule has 7 nitrogen and oxygen atoms in total. The standard InChI is InChI=1S/C21H30O7/c1-11-6-7-16(12(2)9-26-13(3)22)21(28-15(5)24)20-17(11)8-19(25)18(20)10-27-14(4)23/h11,16-17,19,21,25H,2,6-10H2,1,3-5H3/t11-,16+,17-,19+,21-/m1/s1. The first-order chi connectivity index (χ1) is 13.1. The van der Waals surface area contributed by atoms with Crippen molar-refractivity contribution in [3.63, 3.8) is 0 Å². The number of carbonyl (C=O) groups is 3. The Morgan fingerprint density at radius 1 is 1.07 bits per heavy atom. The van der Waals surface area contributed by atoms with Crippen LogP contribution in [0, 0.1) is 17.8 Å². The van der Waals surface area contributed by atoms with E-state index in [1.807, 2.05) is 0 Å². The molecule has 0 amide bonds. The van der Waals surface area contributed by atoms with Crippen molar-refractivity contribution in [3.8, 4) is 0 Å². The second-order valence-electron chi connectivity index (χ2n) is 7.75. The van der Waals surface area contributed by atoms with Crippen LogP contribution in [-0.2, 0) is 28.6 Å². The third-order valence-corrected chi connectivity index (χ3v) is 5.65. The van der Waals surface area contributed by atoms with Crippen LogP contribution in [0.1, 0.15) is 47.0 Å². The lowest BCUT2D eigenvalue weighted by Gasteiger charge is -2.30. The summed E-state index contributed by atoms with van der Waals surface area (Å²) in [5, 5.41) is 10.6. The van der Waals surface area contributed by atoms with Crippen molar-refractivity contribution >= 4 is 17.9 Å². The van der Waals surface area contributed by atoms with Crippen LogP contribution < -0.4 is 0 Å². The van der Waals surface area contributed by atoms with E-state index >= 15 is 0 Å². The van der Waals surface area contributed by atoms with Gasteiger partial charge in [0.2, 0.25) is 0 Å².